The van der Waals surface area contributed by atoms with Gasteiger partial charge in [0.15, 0.2) is 11.6 Å². The molecule has 3 fully saturated rings. The largest absolute Gasteiger partial charge is 0.493 e. The number of hydrogen-bond acceptors (Lipinski definition) is 9. The monoisotopic (exact) mass is 685 g/mol. The van der Waals surface area contributed by atoms with Gasteiger partial charge >= 0.3 is 5.97 Å². The highest BCUT2D eigenvalue weighted by Crippen LogP contribution is 2.54. The molecule has 2 amide bonds. The Balaban J connectivity index is 0.922. The van der Waals surface area contributed by atoms with Gasteiger partial charge < -0.3 is 30.6 Å². The number of carbonyl (C=O) groups is 3. The molecule has 1 atom stereocenters. The summed E-state index contributed by atoms with van der Waals surface area (Å²) in [7, 11) is 0. The molecule has 3 aliphatic rings. The van der Waals surface area contributed by atoms with Crippen LogP contribution in [0.5, 0.6) is 17.2 Å². The van der Waals surface area contributed by atoms with Gasteiger partial charge in [-0.2, -0.15) is 0 Å². The standard InChI is InChI=1S/C37H37F2N5O6/c38-23-2-4-24(5-3-23)42-34(46)37(13-14-37)35(47)43-25-6-9-31(28(39)18-25)49-30-10-15-41-29-19-26(7-8-27(29)30)48-17-1-16-44-21-32(50-33(45)20-40)36(22-44)11-12-36/h2-10,15,18-19,32H,1,11-14,16-17,20-22,40H2,(H,42,46)(H,43,47). The molecule has 4 N–H and O–H groups in total. The van der Waals surface area contributed by atoms with Crippen LogP contribution in [-0.2, 0) is 19.1 Å². The van der Waals surface area contributed by atoms with Gasteiger partial charge in [0.05, 0.1) is 18.7 Å². The van der Waals surface area contributed by atoms with Crippen molar-refractivity contribution in [2.75, 3.05) is 43.4 Å². The third-order valence-corrected chi connectivity index (χ3v) is 9.67. The average Bonchev–Trinajstić information content (AvgIpc) is 4.04. The minimum Gasteiger partial charge on any atom is -0.493 e. The first-order valence-electron chi connectivity index (χ1n) is 16.7. The first kappa shape index (κ1) is 33.4. The van der Waals surface area contributed by atoms with E-state index in [1.54, 1.807) is 24.4 Å². The number of aromatic nitrogens is 1. The minimum atomic E-state index is -1.28. The van der Waals surface area contributed by atoms with Crippen molar-refractivity contribution >= 4 is 40.1 Å². The maximum absolute atomic E-state index is 15.2. The van der Waals surface area contributed by atoms with Crippen molar-refractivity contribution in [3.05, 3.63) is 84.6 Å². The van der Waals surface area contributed by atoms with Gasteiger partial charge in [0, 0.05) is 60.1 Å². The van der Waals surface area contributed by atoms with E-state index in [0.29, 0.717) is 54.1 Å². The third-order valence-electron chi connectivity index (χ3n) is 9.67. The van der Waals surface area contributed by atoms with E-state index >= 15 is 4.39 Å². The molecule has 1 aliphatic heterocycles. The Bertz CT molecular complexity index is 1930. The van der Waals surface area contributed by atoms with E-state index in [-0.39, 0.29) is 35.5 Å². The molecule has 3 aromatic carbocycles. The lowest BCUT2D eigenvalue weighted by molar-refractivity contribution is -0.149. The fourth-order valence-corrected chi connectivity index (χ4v) is 6.48. The highest BCUT2D eigenvalue weighted by molar-refractivity contribution is 6.16. The first-order chi connectivity index (χ1) is 24.2. The summed E-state index contributed by atoms with van der Waals surface area (Å²) in [6.07, 6.45) is 5.08. The fourth-order valence-electron chi connectivity index (χ4n) is 6.48. The van der Waals surface area contributed by atoms with Crippen LogP contribution in [0.4, 0.5) is 20.2 Å². The molecule has 1 unspecified atom stereocenters. The van der Waals surface area contributed by atoms with Crippen molar-refractivity contribution in [2.24, 2.45) is 16.6 Å². The fraction of sp³-hybridized carbons (Fsp3) is 0.351. The van der Waals surface area contributed by atoms with Crippen LogP contribution < -0.4 is 25.8 Å². The van der Waals surface area contributed by atoms with Crippen LogP contribution >= 0.6 is 0 Å². The molecule has 4 aromatic rings. The molecular formula is C37H37F2N5O6. The zero-order valence-electron chi connectivity index (χ0n) is 27.3. The maximum atomic E-state index is 15.2. The normalized spacial score (nSPS) is 18.4. The van der Waals surface area contributed by atoms with Crippen LogP contribution in [-0.4, -0.2) is 66.6 Å². The Hall–Kier alpha value is -5.14. The minimum absolute atomic E-state index is 0.0547. The number of pyridine rings is 1. The molecule has 7 rings (SSSR count). The quantitative estimate of drug-likeness (QED) is 0.0958. The molecule has 1 spiro atoms. The topological polar surface area (TPSA) is 145 Å². The van der Waals surface area contributed by atoms with Crippen molar-refractivity contribution in [3.8, 4) is 17.2 Å². The predicted molar refractivity (Wildman–Crippen MR) is 181 cm³/mol. The molecular weight excluding hydrogens is 648 g/mol. The zero-order chi connectivity index (χ0) is 34.9. The van der Waals surface area contributed by atoms with Crippen LogP contribution in [0.3, 0.4) is 0 Å². The number of hydrogen-bond donors (Lipinski definition) is 3. The third kappa shape index (κ3) is 7.10. The van der Waals surface area contributed by atoms with E-state index in [2.05, 4.69) is 20.5 Å². The van der Waals surface area contributed by atoms with Gasteiger partial charge in [0.25, 0.3) is 0 Å². The summed E-state index contributed by atoms with van der Waals surface area (Å²) in [4.78, 5) is 44.4. The molecule has 0 radical (unpaired) electrons. The molecule has 1 aromatic heterocycles. The highest BCUT2D eigenvalue weighted by Gasteiger charge is 2.57. The molecule has 50 heavy (non-hydrogen) atoms. The number of ether oxygens (including phenoxy) is 3. The van der Waals surface area contributed by atoms with E-state index in [1.165, 1.54) is 36.4 Å². The Morgan fingerprint density at radius 1 is 0.900 bits per heavy atom. The number of nitrogens with zero attached hydrogens (tertiary/aromatic N) is 2. The smallest absolute Gasteiger partial charge is 0.320 e. The Kier molecular flexibility index (Phi) is 9.10. The predicted octanol–water partition coefficient (Wildman–Crippen LogP) is 5.40. The van der Waals surface area contributed by atoms with Crippen molar-refractivity contribution in [2.45, 2.75) is 38.2 Å². The number of amides is 2. The number of carbonyl (C=O) groups excluding carboxylic acids is 3. The summed E-state index contributed by atoms with van der Waals surface area (Å²) in [5.41, 5.74) is 5.39. The summed E-state index contributed by atoms with van der Waals surface area (Å²) in [5.74, 6) is -1.58. The number of anilines is 2. The second kappa shape index (κ2) is 13.6. The van der Waals surface area contributed by atoms with Gasteiger partial charge in [-0.3, -0.25) is 24.3 Å². The van der Waals surface area contributed by atoms with E-state index in [4.69, 9.17) is 19.9 Å². The molecule has 11 nitrogen and oxygen atoms in total. The second-order valence-electron chi connectivity index (χ2n) is 13.2. The summed E-state index contributed by atoms with van der Waals surface area (Å²) in [5, 5.41) is 5.94. The van der Waals surface area contributed by atoms with E-state index < -0.39 is 28.9 Å². The molecule has 2 aliphatic carbocycles. The highest BCUT2D eigenvalue weighted by atomic mass is 19.1. The number of likely N-dealkylation sites (tertiary alicyclic amines) is 1. The van der Waals surface area contributed by atoms with Gasteiger partial charge in [0.2, 0.25) is 11.8 Å². The zero-order valence-corrected chi connectivity index (χ0v) is 27.3. The van der Waals surface area contributed by atoms with Crippen LogP contribution in [0.25, 0.3) is 10.9 Å². The lowest BCUT2D eigenvalue weighted by Crippen LogP contribution is -2.35. The summed E-state index contributed by atoms with van der Waals surface area (Å²) >= 11 is 0. The molecule has 13 heteroatoms. The van der Waals surface area contributed by atoms with Crippen molar-refractivity contribution in [1.82, 2.24) is 9.88 Å². The number of nitrogens with one attached hydrogen (secondary N) is 2. The van der Waals surface area contributed by atoms with Gasteiger partial charge in [-0.25, -0.2) is 8.78 Å². The SMILES string of the molecule is NCC(=O)OC1CN(CCCOc2ccc3c(Oc4ccc(NC(=O)C5(C(=O)Nc6ccc(F)cc6)CC5)cc4F)ccnc3c2)CC12CC2. The summed E-state index contributed by atoms with van der Waals surface area (Å²) in [6.45, 7) is 2.84. The Morgan fingerprint density at radius 3 is 2.34 bits per heavy atom. The lowest BCUT2D eigenvalue weighted by atomic mass is 10.0. The van der Waals surface area contributed by atoms with Gasteiger partial charge in [-0.15, -0.1) is 0 Å². The van der Waals surface area contributed by atoms with Crippen LogP contribution in [0.1, 0.15) is 32.1 Å². The second-order valence-corrected chi connectivity index (χ2v) is 13.2. The van der Waals surface area contributed by atoms with Gasteiger partial charge in [-0.05, 0) is 86.7 Å². The molecule has 1 saturated heterocycles. The summed E-state index contributed by atoms with van der Waals surface area (Å²) in [6, 6.07) is 16.3. The number of esters is 1. The lowest BCUT2D eigenvalue weighted by Gasteiger charge is -2.17. The maximum Gasteiger partial charge on any atom is 0.320 e. The van der Waals surface area contributed by atoms with Crippen LogP contribution in [0.2, 0.25) is 0 Å². The van der Waals surface area contributed by atoms with Crippen LogP contribution in [0, 0.1) is 22.5 Å². The van der Waals surface area contributed by atoms with Crippen LogP contribution in [0.15, 0.2) is 72.9 Å². The average molecular weight is 686 g/mol. The molecule has 0 bridgehead atoms. The Labute approximate surface area is 287 Å². The van der Waals surface area contributed by atoms with Crippen molar-refractivity contribution < 1.29 is 37.4 Å². The molecule has 2 saturated carbocycles. The van der Waals surface area contributed by atoms with E-state index in [1.807, 2.05) is 6.07 Å². The summed E-state index contributed by atoms with van der Waals surface area (Å²) < 4.78 is 45.9. The number of halogens is 2. The van der Waals surface area contributed by atoms with Crippen molar-refractivity contribution in [1.29, 1.82) is 0 Å². The first-order valence-corrected chi connectivity index (χ1v) is 16.7. The molecule has 2 heterocycles. The number of rotatable bonds is 13. The number of benzene rings is 3. The number of fused-ring (bicyclic) bond motifs is 1. The molecule has 260 valence electrons. The van der Waals surface area contributed by atoms with Gasteiger partial charge in [0.1, 0.15) is 28.8 Å². The van der Waals surface area contributed by atoms with E-state index in [9.17, 15) is 18.8 Å². The van der Waals surface area contributed by atoms with Gasteiger partial charge in [-0.1, -0.05) is 0 Å². The number of nitrogens with two attached hydrogens (primary N) is 1. The van der Waals surface area contributed by atoms with Crippen molar-refractivity contribution in [3.63, 3.8) is 0 Å². The van der Waals surface area contributed by atoms with E-state index in [0.717, 1.165) is 38.4 Å². The Morgan fingerprint density at radius 2 is 1.64 bits per heavy atom.